The summed E-state index contributed by atoms with van der Waals surface area (Å²) in [6, 6.07) is 0. The summed E-state index contributed by atoms with van der Waals surface area (Å²) in [6.45, 7) is 7.56. The van der Waals surface area contributed by atoms with Crippen LogP contribution in [0.5, 0.6) is 0 Å². The molecule has 16 nitrogen and oxygen atoms in total. The molecule has 0 amide bonds. The number of halogens is 24. The highest BCUT2D eigenvalue weighted by Crippen LogP contribution is 2.56. The molecule has 0 radical (unpaired) electrons. The third-order valence-corrected chi connectivity index (χ3v) is 16.9. The molecular weight excluding hydrogens is 1410 g/mol. The first-order valence-corrected chi connectivity index (χ1v) is 29.9. The fourth-order valence-electron chi connectivity index (χ4n) is 11.5. The number of aliphatic hydroxyl groups is 4. The van der Waals surface area contributed by atoms with E-state index in [0.29, 0.717) is 43.3 Å². The maximum atomic E-state index is 12.8. The van der Waals surface area contributed by atoms with Gasteiger partial charge in [0.15, 0.2) is 0 Å². The number of carbonyl (C=O) groups excluding carboxylic acids is 6. The van der Waals surface area contributed by atoms with Gasteiger partial charge in [0.25, 0.3) is 22.4 Å². The van der Waals surface area contributed by atoms with Crippen LogP contribution in [-0.4, -0.2) is 169 Å². The zero-order chi connectivity index (χ0) is 76.5. The predicted molar refractivity (Wildman–Crippen MR) is 286 cm³/mol. The average molecular weight is 1490 g/mol. The monoisotopic (exact) mass is 1480 g/mol. The zero-order valence-corrected chi connectivity index (χ0v) is 52.8. The van der Waals surface area contributed by atoms with Crippen LogP contribution in [0, 0.1) is 47.3 Å². The van der Waals surface area contributed by atoms with Crippen LogP contribution in [0.25, 0.3) is 0 Å². The van der Waals surface area contributed by atoms with Crippen molar-refractivity contribution in [3.8, 4) is 0 Å². The summed E-state index contributed by atoms with van der Waals surface area (Å²) < 4.78 is 334. The van der Waals surface area contributed by atoms with E-state index in [1.165, 1.54) is 14.2 Å². The third-order valence-electron chi connectivity index (χ3n) is 16.9. The largest absolute Gasteiger partial charge is 0.466 e. The molecule has 8 unspecified atom stereocenters. The molecule has 4 aliphatic carbocycles. The number of carbonyl (C=O) groups is 6. The van der Waals surface area contributed by atoms with Crippen LogP contribution in [0.4, 0.5) is 105 Å². The van der Waals surface area contributed by atoms with Crippen molar-refractivity contribution in [3.05, 3.63) is 24.3 Å². The molecule has 0 aromatic rings. The molecule has 4 N–H and O–H groups in total. The first kappa shape index (κ1) is 90.5. The van der Waals surface area contributed by atoms with Crippen LogP contribution >= 0.6 is 0 Å². The Bertz CT molecular complexity index is 2380. The second-order valence-corrected chi connectivity index (χ2v) is 23.9. The lowest BCUT2D eigenvalue weighted by molar-refractivity contribution is -0.370. The number of rotatable bonds is 28. The normalized spacial score (nSPS) is 21.5. The highest BCUT2D eigenvalue weighted by atomic mass is 19.4. The van der Waals surface area contributed by atoms with E-state index in [4.69, 9.17) is 39.4 Å². The molecule has 0 saturated heterocycles. The van der Waals surface area contributed by atoms with Crippen molar-refractivity contribution in [3.63, 3.8) is 0 Å². The van der Waals surface area contributed by atoms with E-state index in [2.05, 4.69) is 22.6 Å². The number of esters is 6. The first-order valence-electron chi connectivity index (χ1n) is 29.9. The third kappa shape index (κ3) is 23.8. The molecular formula is C58H76F24O16. The summed E-state index contributed by atoms with van der Waals surface area (Å²) in [5.41, 5.74) is -18.9. The molecule has 0 aromatic carbocycles. The zero-order valence-electron chi connectivity index (χ0n) is 52.8. The van der Waals surface area contributed by atoms with Gasteiger partial charge in [-0.15, -0.1) is 0 Å². The predicted octanol–water partition coefficient (Wildman–Crippen LogP) is 13.8. The summed E-state index contributed by atoms with van der Waals surface area (Å²) in [5.74, 6) is -9.85. The number of fused-ring (bicyclic) bond motifs is 4. The van der Waals surface area contributed by atoms with Crippen molar-refractivity contribution in [1.29, 1.82) is 0 Å². The van der Waals surface area contributed by atoms with Gasteiger partial charge in [-0.05, 0) is 140 Å². The maximum absolute atomic E-state index is 12.8. The van der Waals surface area contributed by atoms with Gasteiger partial charge in [-0.2, -0.15) is 105 Å². The van der Waals surface area contributed by atoms with Gasteiger partial charge in [0, 0.05) is 11.1 Å². The van der Waals surface area contributed by atoms with Gasteiger partial charge in [0.2, 0.25) is 0 Å². The number of unbranched alkanes of at least 4 members (excludes halogenated alkanes) is 6. The van der Waals surface area contributed by atoms with E-state index in [-0.39, 0.29) is 81.9 Å². The Morgan fingerprint density at radius 2 is 0.490 bits per heavy atom. The molecule has 0 aliphatic heterocycles. The van der Waals surface area contributed by atoms with Crippen LogP contribution in [0.1, 0.15) is 142 Å². The number of alkyl halides is 24. The number of hydrogen-bond acceptors (Lipinski definition) is 16. The summed E-state index contributed by atoms with van der Waals surface area (Å²) in [4.78, 5) is 71.0. The van der Waals surface area contributed by atoms with Crippen LogP contribution in [0.15, 0.2) is 24.3 Å². The summed E-state index contributed by atoms with van der Waals surface area (Å²) >= 11 is 0. The molecule has 8 atom stereocenters. The van der Waals surface area contributed by atoms with Gasteiger partial charge in [-0.25, -0.2) is 9.59 Å². The smallest absolute Gasteiger partial charge is 0.426 e. The van der Waals surface area contributed by atoms with Gasteiger partial charge >= 0.3 is 85.2 Å². The van der Waals surface area contributed by atoms with E-state index < -0.39 is 196 Å². The highest BCUT2D eigenvalue weighted by Gasteiger charge is 2.73. The Hall–Kier alpha value is -5.54. The second kappa shape index (κ2) is 35.9. The lowest BCUT2D eigenvalue weighted by atomic mass is 9.79. The molecule has 4 fully saturated rings. The van der Waals surface area contributed by atoms with Crippen molar-refractivity contribution in [1.82, 2.24) is 0 Å². The molecule has 4 rings (SSSR count). The van der Waals surface area contributed by atoms with E-state index in [0.717, 1.165) is 0 Å². The lowest BCUT2D eigenvalue weighted by Crippen LogP contribution is -2.56. The van der Waals surface area contributed by atoms with Crippen molar-refractivity contribution in [2.75, 3.05) is 40.6 Å². The first-order chi connectivity index (χ1) is 44.3. The van der Waals surface area contributed by atoms with Crippen LogP contribution in [0.2, 0.25) is 0 Å². The molecule has 4 bridgehead atoms. The Balaban J connectivity index is 0.000000822. The van der Waals surface area contributed by atoms with E-state index >= 15 is 0 Å². The van der Waals surface area contributed by atoms with Crippen LogP contribution in [0.3, 0.4) is 0 Å². The molecule has 98 heavy (non-hydrogen) atoms. The van der Waals surface area contributed by atoms with Crippen LogP contribution in [-0.2, 0) is 57.2 Å². The quantitative estimate of drug-likeness (QED) is 0.0187. The van der Waals surface area contributed by atoms with Gasteiger partial charge in [-0.1, -0.05) is 38.8 Å². The van der Waals surface area contributed by atoms with Gasteiger partial charge in [0.1, 0.15) is 0 Å². The molecule has 0 aromatic heterocycles. The SMILES string of the molecule is C=C(C)C(=O)OC.C=C(C)C(=O)OC.O=C(OCCCC(O)(C(F)(F)F)C(F)(F)F)C1C2CCC(C2)C1C(=O)OCCCC(O)(C(F)(F)F)C(F)(F)F.O=C(OCCCCCCC(O)(C(F)(F)F)C(F)(F)F)C1C2CCC(C2)C1C(=O)OCCCCCCC(O)(C(F)(F)F)C(F)(F)F. The summed E-state index contributed by atoms with van der Waals surface area (Å²) in [6.07, 6.45) is -54.9. The Morgan fingerprint density at radius 1 is 0.316 bits per heavy atom. The molecule has 0 spiro atoms. The molecule has 40 heteroatoms. The fourth-order valence-corrected chi connectivity index (χ4v) is 11.5. The number of ether oxygens (including phenoxy) is 6. The van der Waals surface area contributed by atoms with Crippen molar-refractivity contribution < 1.29 is 183 Å². The van der Waals surface area contributed by atoms with Crippen LogP contribution < -0.4 is 0 Å². The standard InChI is InChI=1S/C27H36F12O6.C21H24F12O6.2C5H8O2/c28-24(29,30)22(42,25(31,32)33)11-5-1-3-7-13-44-20(40)18-16-9-10-17(15-16)19(18)21(41)45-14-8-4-2-6-12-23(43,26(34,35)36)27(37,38)39;22-18(23,24)16(36,19(25,26)27)5-1-7-38-14(34)12-10-3-4-11(9-10)13(12)15(35)39-8-2-6-17(37,20(28,29)30)21(31,32)33;2*1-4(2)5(6)7-3/h16-19,42-43H,1-15H2;10-13,36-37H,1-9H2;2*1H2,2-3H3. The number of methoxy groups -OCH3 is 2. The highest BCUT2D eigenvalue weighted by molar-refractivity contribution is 5.87. The maximum Gasteiger partial charge on any atom is 0.426 e. The van der Waals surface area contributed by atoms with E-state index in [1.54, 1.807) is 13.8 Å². The second-order valence-electron chi connectivity index (χ2n) is 23.9. The molecule has 0 heterocycles. The van der Waals surface area contributed by atoms with Crippen molar-refractivity contribution >= 4 is 35.8 Å². The molecule has 4 saturated carbocycles. The van der Waals surface area contributed by atoms with E-state index in [1.807, 2.05) is 0 Å². The van der Waals surface area contributed by atoms with Gasteiger partial charge < -0.3 is 48.8 Å². The van der Waals surface area contributed by atoms with Gasteiger partial charge in [0.05, 0.1) is 64.3 Å². The minimum Gasteiger partial charge on any atom is -0.466 e. The van der Waals surface area contributed by atoms with Gasteiger partial charge in [-0.3, -0.25) is 19.2 Å². The summed E-state index contributed by atoms with van der Waals surface area (Å²) in [5, 5.41) is 36.5. The summed E-state index contributed by atoms with van der Waals surface area (Å²) in [7, 11) is 2.66. The van der Waals surface area contributed by atoms with Crippen molar-refractivity contribution in [2.45, 2.75) is 214 Å². The Labute approximate surface area is 544 Å². The van der Waals surface area contributed by atoms with E-state index in [9.17, 15) is 134 Å². The number of hydrogen-bond donors (Lipinski definition) is 4. The Kier molecular flexibility index (Phi) is 33.1. The average Bonchev–Trinajstić information content (AvgIpc) is 1.40. The Morgan fingerprint density at radius 3 is 0.653 bits per heavy atom. The fraction of sp³-hybridized carbons (Fsp3) is 0.828. The minimum atomic E-state index is -6.06. The molecule has 572 valence electrons. The minimum absolute atomic E-state index is 0.104. The lowest BCUT2D eigenvalue weighted by Gasteiger charge is -2.32. The van der Waals surface area contributed by atoms with Crippen molar-refractivity contribution in [2.24, 2.45) is 47.3 Å². The topological polar surface area (TPSA) is 239 Å². The molecule has 4 aliphatic rings.